The average Bonchev–Trinajstić information content (AvgIpc) is 3.45. The Labute approximate surface area is 227 Å². The van der Waals surface area contributed by atoms with E-state index in [9.17, 15) is 4.79 Å². The molecule has 0 fully saturated rings. The first-order valence-corrected chi connectivity index (χ1v) is 12.5. The summed E-state index contributed by atoms with van der Waals surface area (Å²) in [6.07, 6.45) is 1.55. The lowest BCUT2D eigenvalue weighted by Gasteiger charge is -2.28. The van der Waals surface area contributed by atoms with Crippen molar-refractivity contribution in [2.45, 2.75) is 5.92 Å². The van der Waals surface area contributed by atoms with Crippen LogP contribution in [-0.2, 0) is 0 Å². The quantitative estimate of drug-likeness (QED) is 0.275. The molecule has 40 heavy (non-hydrogen) atoms. The first kappa shape index (κ1) is 23.7. The zero-order valence-electron chi connectivity index (χ0n) is 21.7. The van der Waals surface area contributed by atoms with E-state index in [4.69, 9.17) is 28.3 Å². The van der Waals surface area contributed by atoms with Crippen LogP contribution in [-0.4, -0.2) is 40.9 Å². The van der Waals surface area contributed by atoms with E-state index >= 15 is 0 Å². The molecule has 1 aliphatic rings. The summed E-state index contributed by atoms with van der Waals surface area (Å²) >= 11 is 0. The first-order chi connectivity index (χ1) is 19.6. The van der Waals surface area contributed by atoms with Crippen LogP contribution in [0.3, 0.4) is 0 Å². The lowest BCUT2D eigenvalue weighted by molar-refractivity contribution is 0.346. The summed E-state index contributed by atoms with van der Waals surface area (Å²) in [5, 5.41) is 5.30. The summed E-state index contributed by atoms with van der Waals surface area (Å²) in [5.41, 5.74) is 2.61. The topological polar surface area (TPSA) is 110 Å². The van der Waals surface area contributed by atoms with E-state index in [-0.39, 0.29) is 5.56 Å². The third-order valence-corrected chi connectivity index (χ3v) is 7.04. The van der Waals surface area contributed by atoms with Crippen molar-refractivity contribution in [2.24, 2.45) is 0 Å². The minimum Gasteiger partial charge on any atom is -0.496 e. The molecule has 0 spiro atoms. The van der Waals surface area contributed by atoms with Gasteiger partial charge in [-0.1, -0.05) is 42.5 Å². The second-order valence-corrected chi connectivity index (χ2v) is 9.15. The Kier molecular flexibility index (Phi) is 5.41. The van der Waals surface area contributed by atoms with Crippen molar-refractivity contribution in [3.8, 4) is 40.3 Å². The van der Waals surface area contributed by atoms with E-state index in [0.717, 1.165) is 5.56 Å². The number of aromatic nitrogens is 4. The van der Waals surface area contributed by atoms with Gasteiger partial charge in [-0.15, -0.1) is 5.10 Å². The van der Waals surface area contributed by atoms with Crippen LogP contribution in [0.1, 0.15) is 22.6 Å². The van der Waals surface area contributed by atoms with Gasteiger partial charge in [0, 0.05) is 17.2 Å². The van der Waals surface area contributed by atoms with E-state index in [1.54, 1.807) is 56.4 Å². The SMILES string of the molecule is COc1cc(OC)c(C2c3c(c4ccccc4oc3=O)Oc3ncn4nc(-c5ccccc5)nc4c32)cc1OC. The van der Waals surface area contributed by atoms with Crippen LogP contribution in [0.2, 0.25) is 0 Å². The van der Waals surface area contributed by atoms with Gasteiger partial charge in [0.1, 0.15) is 17.7 Å². The molecule has 0 bridgehead atoms. The summed E-state index contributed by atoms with van der Waals surface area (Å²) in [7, 11) is 4.65. The van der Waals surface area contributed by atoms with Crippen LogP contribution >= 0.6 is 0 Å². The summed E-state index contributed by atoms with van der Waals surface area (Å²) in [6, 6.07) is 20.3. The zero-order valence-corrected chi connectivity index (χ0v) is 21.7. The molecule has 4 heterocycles. The third-order valence-electron chi connectivity index (χ3n) is 7.04. The van der Waals surface area contributed by atoms with Crippen molar-refractivity contribution in [2.75, 3.05) is 21.3 Å². The van der Waals surface area contributed by atoms with Gasteiger partial charge < -0.3 is 23.4 Å². The van der Waals surface area contributed by atoms with Gasteiger partial charge in [0.05, 0.1) is 43.8 Å². The molecule has 0 aliphatic carbocycles. The van der Waals surface area contributed by atoms with E-state index in [1.807, 2.05) is 42.5 Å². The molecule has 0 amide bonds. The Morgan fingerprint density at radius 3 is 2.35 bits per heavy atom. The van der Waals surface area contributed by atoms with E-state index in [0.29, 0.717) is 62.4 Å². The standard InChI is InChI=1S/C30H22N4O6/c1-36-20-14-22(38-3)21(37-2)13-18(20)23-24-26(17-11-7-8-12-19(17)39-30(24)35)40-29-25(23)28-32-27(33-34(28)15-31-29)16-9-5-4-6-10-16/h4-15,23H,1-3H3. The Morgan fingerprint density at radius 2 is 1.57 bits per heavy atom. The largest absolute Gasteiger partial charge is 0.496 e. The molecule has 1 unspecified atom stereocenters. The predicted molar refractivity (Wildman–Crippen MR) is 146 cm³/mol. The highest BCUT2D eigenvalue weighted by Crippen LogP contribution is 2.52. The normalized spacial score (nSPS) is 13.9. The highest BCUT2D eigenvalue weighted by atomic mass is 16.5. The molecule has 3 aromatic carbocycles. The molecule has 3 aromatic heterocycles. The van der Waals surface area contributed by atoms with Gasteiger partial charge in [-0.3, -0.25) is 0 Å². The minimum atomic E-state index is -0.751. The highest BCUT2D eigenvalue weighted by molar-refractivity contribution is 5.87. The van der Waals surface area contributed by atoms with Crippen molar-refractivity contribution in [1.29, 1.82) is 0 Å². The van der Waals surface area contributed by atoms with E-state index < -0.39 is 11.5 Å². The van der Waals surface area contributed by atoms with Gasteiger partial charge in [-0.2, -0.15) is 0 Å². The highest BCUT2D eigenvalue weighted by Gasteiger charge is 2.39. The van der Waals surface area contributed by atoms with Gasteiger partial charge in [0.2, 0.25) is 5.88 Å². The Balaban J connectivity index is 1.59. The second-order valence-electron chi connectivity index (χ2n) is 9.15. The number of rotatable bonds is 5. The number of fused-ring (bicyclic) bond motifs is 6. The van der Waals surface area contributed by atoms with E-state index in [2.05, 4.69) is 10.1 Å². The molecule has 1 aliphatic heterocycles. The van der Waals surface area contributed by atoms with Crippen LogP contribution in [0.15, 0.2) is 82.3 Å². The van der Waals surface area contributed by atoms with Crippen molar-refractivity contribution in [3.05, 3.63) is 100 Å². The predicted octanol–water partition coefficient (Wildman–Crippen LogP) is 5.21. The van der Waals surface area contributed by atoms with Crippen LogP contribution in [0.5, 0.6) is 28.9 Å². The summed E-state index contributed by atoms with van der Waals surface area (Å²) in [5.74, 6) is 1.82. The number of benzene rings is 3. The molecule has 1 atom stereocenters. The fourth-order valence-corrected chi connectivity index (χ4v) is 5.23. The number of para-hydroxylation sites is 1. The minimum absolute atomic E-state index is 0.288. The van der Waals surface area contributed by atoms with Gasteiger partial charge >= 0.3 is 5.63 Å². The monoisotopic (exact) mass is 534 g/mol. The number of nitrogens with zero attached hydrogens (tertiary/aromatic N) is 4. The average molecular weight is 535 g/mol. The van der Waals surface area contributed by atoms with Gasteiger partial charge in [-0.25, -0.2) is 19.3 Å². The molecular formula is C30H22N4O6. The van der Waals surface area contributed by atoms with Crippen LogP contribution in [0.25, 0.3) is 28.0 Å². The number of methoxy groups -OCH3 is 3. The fourth-order valence-electron chi connectivity index (χ4n) is 5.23. The maximum atomic E-state index is 13.7. The lowest BCUT2D eigenvalue weighted by atomic mass is 9.83. The summed E-state index contributed by atoms with van der Waals surface area (Å²) < 4.78 is 30.7. The molecule has 0 N–H and O–H groups in total. The maximum absolute atomic E-state index is 13.7. The molecule has 0 saturated heterocycles. The number of hydrogen-bond donors (Lipinski definition) is 0. The molecule has 0 radical (unpaired) electrons. The molecule has 0 saturated carbocycles. The Bertz CT molecular complexity index is 1980. The van der Waals surface area contributed by atoms with Crippen LogP contribution < -0.4 is 24.6 Å². The first-order valence-electron chi connectivity index (χ1n) is 12.5. The lowest BCUT2D eigenvalue weighted by Crippen LogP contribution is -2.23. The van der Waals surface area contributed by atoms with Gasteiger partial charge in [0.15, 0.2) is 28.7 Å². The maximum Gasteiger partial charge on any atom is 0.344 e. The molecule has 6 aromatic rings. The van der Waals surface area contributed by atoms with Gasteiger partial charge in [0.25, 0.3) is 0 Å². The summed E-state index contributed by atoms with van der Waals surface area (Å²) in [4.78, 5) is 23.2. The third kappa shape index (κ3) is 3.49. The van der Waals surface area contributed by atoms with E-state index in [1.165, 1.54) is 0 Å². The van der Waals surface area contributed by atoms with Crippen LogP contribution in [0, 0.1) is 0 Å². The molecule has 7 rings (SSSR count). The van der Waals surface area contributed by atoms with Crippen molar-refractivity contribution < 1.29 is 23.4 Å². The fraction of sp³-hybridized carbons (Fsp3) is 0.133. The van der Waals surface area contributed by atoms with Crippen molar-refractivity contribution in [3.63, 3.8) is 0 Å². The molecule has 10 heteroatoms. The molecule has 10 nitrogen and oxygen atoms in total. The Morgan fingerprint density at radius 1 is 0.850 bits per heavy atom. The molecule has 198 valence electrons. The van der Waals surface area contributed by atoms with Gasteiger partial charge in [-0.05, 0) is 18.2 Å². The number of ether oxygens (including phenoxy) is 4. The van der Waals surface area contributed by atoms with Crippen molar-refractivity contribution in [1.82, 2.24) is 19.6 Å². The zero-order chi connectivity index (χ0) is 27.4. The Hall–Kier alpha value is -5.38. The molecular weight excluding hydrogens is 512 g/mol. The van der Waals surface area contributed by atoms with Crippen LogP contribution in [0.4, 0.5) is 0 Å². The van der Waals surface area contributed by atoms with Crippen molar-refractivity contribution >= 4 is 16.6 Å². The summed E-state index contributed by atoms with van der Waals surface area (Å²) in [6.45, 7) is 0. The number of hydrogen-bond acceptors (Lipinski definition) is 9. The smallest absolute Gasteiger partial charge is 0.344 e. The second kappa shape index (κ2) is 9.12.